The van der Waals surface area contributed by atoms with E-state index in [9.17, 15) is 18.0 Å². The van der Waals surface area contributed by atoms with Crippen molar-refractivity contribution in [1.82, 2.24) is 20.5 Å². The summed E-state index contributed by atoms with van der Waals surface area (Å²) in [5.41, 5.74) is 0.180. The van der Waals surface area contributed by atoms with Crippen LogP contribution in [0, 0.1) is 6.92 Å². The molecular weight excluding hydrogens is 445 g/mol. The highest BCUT2D eigenvalue weighted by molar-refractivity contribution is 7.14. The van der Waals surface area contributed by atoms with Gasteiger partial charge in [-0.3, -0.25) is 4.79 Å². The minimum Gasteiger partial charge on any atom is -0.486 e. The van der Waals surface area contributed by atoms with E-state index in [4.69, 9.17) is 9.47 Å². The zero-order chi connectivity index (χ0) is 22.9. The summed E-state index contributed by atoms with van der Waals surface area (Å²) in [6.45, 7) is 4.51. The van der Waals surface area contributed by atoms with Crippen LogP contribution in [0.1, 0.15) is 39.6 Å². The molecule has 1 amide bonds. The normalized spacial score (nSPS) is 15.2. The smallest absolute Gasteiger partial charge is 0.435 e. The first-order valence-electron chi connectivity index (χ1n) is 9.73. The second-order valence-electron chi connectivity index (χ2n) is 7.34. The summed E-state index contributed by atoms with van der Waals surface area (Å²) in [6, 6.07) is 6.50. The molecule has 11 heteroatoms. The van der Waals surface area contributed by atoms with Crippen LogP contribution in [0.4, 0.5) is 13.2 Å². The second kappa shape index (κ2) is 8.83. The Morgan fingerprint density at radius 2 is 2.03 bits per heavy atom. The first kappa shape index (κ1) is 22.2. The summed E-state index contributed by atoms with van der Waals surface area (Å²) in [7, 11) is 0. The van der Waals surface area contributed by atoms with Crippen molar-refractivity contribution in [2.45, 2.75) is 32.2 Å². The first-order valence-corrected chi connectivity index (χ1v) is 10.5. The van der Waals surface area contributed by atoms with Gasteiger partial charge in [0, 0.05) is 22.2 Å². The number of carbonyl (C=O) groups excluding carboxylic acids is 1. The van der Waals surface area contributed by atoms with Crippen molar-refractivity contribution >= 4 is 17.2 Å². The van der Waals surface area contributed by atoms with Gasteiger partial charge in [0.15, 0.2) is 5.69 Å². The van der Waals surface area contributed by atoms with E-state index in [-0.39, 0.29) is 11.8 Å². The number of nitrogens with zero attached hydrogens (tertiary/aromatic N) is 3. The Kier molecular flexibility index (Phi) is 6.11. The van der Waals surface area contributed by atoms with Crippen LogP contribution in [-0.4, -0.2) is 40.4 Å². The third-order valence-corrected chi connectivity index (χ3v) is 5.68. The minimum atomic E-state index is -4.57. The molecular formula is C21H19F3N4O3S. The number of benzene rings is 1. The molecule has 0 aliphatic carbocycles. The molecule has 3 heterocycles. The number of carbonyl (C=O) groups is 1. The minimum absolute atomic E-state index is 0.0828. The number of nitrogens with one attached hydrogen (secondary N) is 1. The van der Waals surface area contributed by atoms with Crippen LogP contribution < -0.4 is 10.1 Å². The number of rotatable bonds is 6. The number of hydrogen-bond donors (Lipinski definition) is 1. The number of hydrogen-bond acceptors (Lipinski definition) is 7. The molecule has 32 heavy (non-hydrogen) atoms. The van der Waals surface area contributed by atoms with Crippen molar-refractivity contribution in [2.75, 3.05) is 13.2 Å². The van der Waals surface area contributed by atoms with Crippen molar-refractivity contribution in [3.05, 3.63) is 58.4 Å². The van der Waals surface area contributed by atoms with Crippen LogP contribution in [0.3, 0.4) is 0 Å². The molecule has 1 fully saturated rings. The fraction of sp³-hybridized carbons (Fsp3) is 0.333. The van der Waals surface area contributed by atoms with Gasteiger partial charge in [-0.25, -0.2) is 4.98 Å². The average Bonchev–Trinajstić information content (AvgIpc) is 3.16. The maximum absolute atomic E-state index is 12.9. The van der Waals surface area contributed by atoms with Gasteiger partial charge >= 0.3 is 6.18 Å². The molecule has 4 rings (SSSR count). The number of aromatic nitrogens is 3. The van der Waals surface area contributed by atoms with E-state index in [0.717, 1.165) is 21.5 Å². The van der Waals surface area contributed by atoms with Gasteiger partial charge in [0.25, 0.3) is 5.91 Å². The van der Waals surface area contributed by atoms with Crippen molar-refractivity contribution < 1.29 is 27.4 Å². The van der Waals surface area contributed by atoms with E-state index in [2.05, 4.69) is 20.5 Å². The fourth-order valence-electron chi connectivity index (χ4n) is 2.96. The van der Waals surface area contributed by atoms with Crippen molar-refractivity contribution in [3.8, 4) is 16.3 Å². The van der Waals surface area contributed by atoms with Gasteiger partial charge in [-0.05, 0) is 44.2 Å². The summed E-state index contributed by atoms with van der Waals surface area (Å²) in [4.78, 5) is 18.3. The van der Waals surface area contributed by atoms with E-state index >= 15 is 0 Å². The zero-order valence-corrected chi connectivity index (χ0v) is 18.0. The highest BCUT2D eigenvalue weighted by Crippen LogP contribution is 2.31. The number of halogens is 3. The largest absolute Gasteiger partial charge is 0.486 e. The van der Waals surface area contributed by atoms with Crippen molar-refractivity contribution in [1.29, 1.82) is 0 Å². The molecule has 1 atom stereocenters. The number of alkyl halides is 3. The lowest BCUT2D eigenvalue weighted by atomic mass is 10.1. The first-order chi connectivity index (χ1) is 15.2. The fourth-order valence-corrected chi connectivity index (χ4v) is 3.71. The lowest BCUT2D eigenvalue weighted by Crippen LogP contribution is -2.38. The summed E-state index contributed by atoms with van der Waals surface area (Å²) in [5, 5.41) is 10.3. The Bertz CT molecular complexity index is 1110. The standard InChI is InChI=1S/C21H19F3N4O3S/c1-11-8-25-20(32-11)14-5-13(6-15(7-14)31-16-9-30-10-16)19(29)26-12(2)17-3-4-18(28-27-17)21(22,23)24/h3-8,12,16H,9-10H2,1-2H3,(H,26,29). The van der Waals surface area contributed by atoms with Crippen molar-refractivity contribution in [2.24, 2.45) is 0 Å². The molecule has 168 valence electrons. The SMILES string of the molecule is Cc1cnc(-c2cc(OC3COC3)cc(C(=O)NC(C)c3ccc(C(F)(F)F)nn3)c2)s1. The number of aryl methyl sites for hydroxylation is 1. The molecule has 0 saturated carbocycles. The van der Waals surface area contributed by atoms with Gasteiger partial charge in [-0.2, -0.15) is 18.3 Å². The molecule has 1 aliphatic rings. The molecule has 1 unspecified atom stereocenters. The van der Waals surface area contributed by atoms with Crippen LogP contribution in [0.2, 0.25) is 0 Å². The highest BCUT2D eigenvalue weighted by Gasteiger charge is 2.33. The molecule has 1 aliphatic heterocycles. The molecule has 0 bridgehead atoms. The van der Waals surface area contributed by atoms with Crippen LogP contribution in [0.15, 0.2) is 36.5 Å². The zero-order valence-electron chi connectivity index (χ0n) is 17.1. The molecule has 1 aromatic carbocycles. The lowest BCUT2D eigenvalue weighted by molar-refractivity contribution is -0.141. The number of amides is 1. The van der Waals surface area contributed by atoms with Crippen LogP contribution in [0.25, 0.3) is 10.6 Å². The molecule has 3 aromatic rings. The van der Waals surface area contributed by atoms with E-state index in [1.807, 2.05) is 13.0 Å². The third kappa shape index (κ3) is 5.05. The van der Waals surface area contributed by atoms with Gasteiger partial charge in [0.2, 0.25) is 0 Å². The van der Waals surface area contributed by atoms with Gasteiger partial charge in [-0.15, -0.1) is 16.4 Å². The molecule has 2 aromatic heterocycles. The Morgan fingerprint density at radius 1 is 1.25 bits per heavy atom. The van der Waals surface area contributed by atoms with E-state index < -0.39 is 23.8 Å². The maximum atomic E-state index is 12.9. The Morgan fingerprint density at radius 3 is 2.59 bits per heavy atom. The number of thiazole rings is 1. The van der Waals surface area contributed by atoms with E-state index in [1.54, 1.807) is 25.3 Å². The predicted octanol–water partition coefficient (Wildman–Crippen LogP) is 4.20. The van der Waals surface area contributed by atoms with E-state index in [1.165, 1.54) is 17.4 Å². The second-order valence-corrected chi connectivity index (χ2v) is 8.57. The van der Waals surface area contributed by atoms with E-state index in [0.29, 0.717) is 24.5 Å². The Hall–Kier alpha value is -3.05. The summed E-state index contributed by atoms with van der Waals surface area (Å²) in [5.74, 6) is 0.0832. The Balaban J connectivity index is 1.55. The molecule has 1 N–H and O–H groups in total. The van der Waals surface area contributed by atoms with Gasteiger partial charge in [0.05, 0.1) is 24.9 Å². The molecule has 7 nitrogen and oxygen atoms in total. The average molecular weight is 464 g/mol. The molecule has 0 spiro atoms. The quantitative estimate of drug-likeness (QED) is 0.589. The summed E-state index contributed by atoms with van der Waals surface area (Å²) in [6.07, 6.45) is -2.91. The molecule has 1 saturated heterocycles. The van der Waals surface area contributed by atoms with Gasteiger partial charge in [0.1, 0.15) is 16.9 Å². The molecule has 0 radical (unpaired) electrons. The van der Waals surface area contributed by atoms with Gasteiger partial charge < -0.3 is 14.8 Å². The van der Waals surface area contributed by atoms with Crippen LogP contribution in [-0.2, 0) is 10.9 Å². The topological polar surface area (TPSA) is 86.2 Å². The van der Waals surface area contributed by atoms with Gasteiger partial charge in [-0.1, -0.05) is 0 Å². The third-order valence-electron chi connectivity index (χ3n) is 4.71. The summed E-state index contributed by atoms with van der Waals surface area (Å²) < 4.78 is 49.1. The summed E-state index contributed by atoms with van der Waals surface area (Å²) >= 11 is 1.49. The van der Waals surface area contributed by atoms with Crippen LogP contribution in [0.5, 0.6) is 5.75 Å². The monoisotopic (exact) mass is 464 g/mol. The van der Waals surface area contributed by atoms with Crippen LogP contribution >= 0.6 is 11.3 Å². The predicted molar refractivity (Wildman–Crippen MR) is 110 cm³/mol. The maximum Gasteiger partial charge on any atom is 0.435 e. The Labute approximate surface area is 185 Å². The lowest BCUT2D eigenvalue weighted by Gasteiger charge is -2.27. The van der Waals surface area contributed by atoms with Crippen molar-refractivity contribution in [3.63, 3.8) is 0 Å². The highest BCUT2D eigenvalue weighted by atomic mass is 32.1. The number of ether oxygens (including phenoxy) is 2.